The fourth-order valence-electron chi connectivity index (χ4n) is 3.49. The number of guanidine groups is 1. The van der Waals surface area contributed by atoms with Gasteiger partial charge in [0.2, 0.25) is 0 Å². The van der Waals surface area contributed by atoms with Gasteiger partial charge in [0.05, 0.1) is 12.2 Å². The smallest absolute Gasteiger partial charge is 0.194 e. The van der Waals surface area contributed by atoms with Crippen molar-refractivity contribution < 1.29 is 0 Å². The number of hydrogen-bond acceptors (Lipinski definition) is 5. The predicted octanol–water partition coefficient (Wildman–Crippen LogP) is 1.84. The molecule has 24 heavy (non-hydrogen) atoms. The molecule has 134 valence electrons. The van der Waals surface area contributed by atoms with Crippen LogP contribution in [0, 0.1) is 0 Å². The van der Waals surface area contributed by atoms with Crippen molar-refractivity contribution in [1.82, 2.24) is 20.1 Å². The van der Waals surface area contributed by atoms with Gasteiger partial charge in [0, 0.05) is 45.2 Å². The molecule has 3 rings (SSSR count). The second-order valence-corrected chi connectivity index (χ2v) is 7.65. The first kappa shape index (κ1) is 17.5. The molecule has 2 fully saturated rings. The predicted molar refractivity (Wildman–Crippen MR) is 102 cm³/mol. The second kappa shape index (κ2) is 8.16. The number of aliphatic imine (C=N–C) groups is 1. The molecule has 0 saturated carbocycles. The number of likely N-dealkylation sites (tertiary alicyclic amines) is 2. The number of rotatable bonds is 5. The average Bonchev–Trinajstić information content (AvgIpc) is 3.32. The van der Waals surface area contributed by atoms with Gasteiger partial charge in [0.15, 0.2) is 11.1 Å². The summed E-state index contributed by atoms with van der Waals surface area (Å²) in [5.74, 6) is 1.04. The topological polar surface area (TPSA) is 47.0 Å². The van der Waals surface area contributed by atoms with Gasteiger partial charge in [0.1, 0.15) is 0 Å². The van der Waals surface area contributed by atoms with Crippen LogP contribution in [-0.2, 0) is 6.54 Å². The van der Waals surface area contributed by atoms with E-state index in [2.05, 4.69) is 32.4 Å². The van der Waals surface area contributed by atoms with E-state index in [-0.39, 0.29) is 0 Å². The minimum Gasteiger partial charge on any atom is -0.357 e. The summed E-state index contributed by atoms with van der Waals surface area (Å²) in [6, 6.07) is 0.705. The second-order valence-electron chi connectivity index (χ2n) is 6.82. The molecular weight excluding hydrogens is 320 g/mol. The van der Waals surface area contributed by atoms with Gasteiger partial charge in [-0.25, -0.2) is 9.98 Å². The van der Waals surface area contributed by atoms with Crippen molar-refractivity contribution in [2.45, 2.75) is 38.8 Å². The quantitative estimate of drug-likeness (QED) is 0.649. The summed E-state index contributed by atoms with van der Waals surface area (Å²) in [7, 11) is 4.05. The number of nitrogens with zero attached hydrogens (tertiary/aromatic N) is 5. The molecule has 1 unspecified atom stereocenters. The van der Waals surface area contributed by atoms with E-state index in [4.69, 9.17) is 4.99 Å². The zero-order valence-corrected chi connectivity index (χ0v) is 16.0. The molecule has 1 atom stereocenters. The SMILES string of the molecule is CCNC(=NCc1csc(N(C)C)n1)N1CCC(N2CCCC2)C1. The van der Waals surface area contributed by atoms with Gasteiger partial charge >= 0.3 is 0 Å². The van der Waals surface area contributed by atoms with Crippen LogP contribution in [0.3, 0.4) is 0 Å². The van der Waals surface area contributed by atoms with E-state index in [0.717, 1.165) is 36.4 Å². The lowest BCUT2D eigenvalue weighted by atomic mass is 10.2. The molecule has 6 nitrogen and oxygen atoms in total. The number of thiazole rings is 1. The number of nitrogens with one attached hydrogen (secondary N) is 1. The van der Waals surface area contributed by atoms with Gasteiger partial charge in [0.25, 0.3) is 0 Å². The maximum absolute atomic E-state index is 4.84. The van der Waals surface area contributed by atoms with E-state index in [1.807, 2.05) is 19.0 Å². The van der Waals surface area contributed by atoms with Crippen molar-refractivity contribution in [2.24, 2.45) is 4.99 Å². The molecule has 1 N–H and O–H groups in total. The molecule has 0 radical (unpaired) electrons. The number of anilines is 1. The van der Waals surface area contributed by atoms with Crippen LogP contribution in [0.25, 0.3) is 0 Å². The Morgan fingerprint density at radius 3 is 2.83 bits per heavy atom. The summed E-state index contributed by atoms with van der Waals surface area (Å²) in [4.78, 5) is 16.6. The molecule has 0 bridgehead atoms. The van der Waals surface area contributed by atoms with Crippen molar-refractivity contribution >= 4 is 22.4 Å². The van der Waals surface area contributed by atoms with E-state index in [0.29, 0.717) is 12.6 Å². The third-order valence-corrected chi connectivity index (χ3v) is 5.83. The van der Waals surface area contributed by atoms with Gasteiger partial charge in [-0.15, -0.1) is 11.3 Å². The lowest BCUT2D eigenvalue weighted by molar-refractivity contribution is 0.249. The highest BCUT2D eigenvalue weighted by Crippen LogP contribution is 2.21. The van der Waals surface area contributed by atoms with Crippen LogP contribution in [0.4, 0.5) is 5.13 Å². The lowest BCUT2D eigenvalue weighted by Gasteiger charge is -2.25. The highest BCUT2D eigenvalue weighted by atomic mass is 32.1. The van der Waals surface area contributed by atoms with Crippen molar-refractivity contribution in [3.05, 3.63) is 11.1 Å². The Morgan fingerprint density at radius 1 is 1.38 bits per heavy atom. The summed E-state index contributed by atoms with van der Waals surface area (Å²) in [5, 5.41) is 6.61. The molecule has 3 heterocycles. The maximum Gasteiger partial charge on any atom is 0.194 e. The zero-order valence-electron chi connectivity index (χ0n) is 15.2. The van der Waals surface area contributed by atoms with Gasteiger partial charge < -0.3 is 15.1 Å². The fraction of sp³-hybridized carbons (Fsp3) is 0.765. The van der Waals surface area contributed by atoms with Crippen LogP contribution in [0.15, 0.2) is 10.4 Å². The molecule has 1 aromatic rings. The van der Waals surface area contributed by atoms with Gasteiger partial charge in [-0.3, -0.25) is 4.90 Å². The van der Waals surface area contributed by atoms with E-state index in [1.165, 1.54) is 32.4 Å². The molecule has 0 spiro atoms. The zero-order chi connectivity index (χ0) is 16.9. The Balaban J connectivity index is 1.60. The summed E-state index contributed by atoms with van der Waals surface area (Å²) in [5.41, 5.74) is 1.05. The first-order chi connectivity index (χ1) is 11.7. The monoisotopic (exact) mass is 350 g/mol. The Kier molecular flexibility index (Phi) is 5.94. The van der Waals surface area contributed by atoms with Gasteiger partial charge in [-0.2, -0.15) is 0 Å². The van der Waals surface area contributed by atoms with E-state index < -0.39 is 0 Å². The van der Waals surface area contributed by atoms with Crippen molar-refractivity contribution in [3.8, 4) is 0 Å². The molecule has 0 amide bonds. The Hall–Kier alpha value is -1.34. The van der Waals surface area contributed by atoms with Crippen molar-refractivity contribution in [1.29, 1.82) is 0 Å². The van der Waals surface area contributed by atoms with Crippen LogP contribution in [0.5, 0.6) is 0 Å². The fourth-order valence-corrected chi connectivity index (χ4v) is 4.24. The highest BCUT2D eigenvalue weighted by Gasteiger charge is 2.30. The van der Waals surface area contributed by atoms with Crippen molar-refractivity contribution in [3.63, 3.8) is 0 Å². The summed E-state index contributed by atoms with van der Waals surface area (Å²) in [6.45, 7) is 8.45. The Morgan fingerprint density at radius 2 is 2.17 bits per heavy atom. The largest absolute Gasteiger partial charge is 0.357 e. The Labute approximate surface area is 149 Å². The molecule has 2 aliphatic rings. The third kappa shape index (κ3) is 4.19. The highest BCUT2D eigenvalue weighted by molar-refractivity contribution is 7.13. The van der Waals surface area contributed by atoms with E-state index in [9.17, 15) is 0 Å². The van der Waals surface area contributed by atoms with Crippen LogP contribution in [0.2, 0.25) is 0 Å². The maximum atomic E-state index is 4.84. The average molecular weight is 351 g/mol. The Bertz CT molecular complexity index is 549. The number of hydrogen-bond donors (Lipinski definition) is 1. The van der Waals surface area contributed by atoms with Crippen LogP contribution >= 0.6 is 11.3 Å². The first-order valence-electron chi connectivity index (χ1n) is 9.06. The molecule has 7 heteroatoms. The van der Waals surface area contributed by atoms with Gasteiger partial charge in [-0.05, 0) is 39.3 Å². The molecular formula is C17H30N6S. The minimum absolute atomic E-state index is 0.650. The summed E-state index contributed by atoms with van der Waals surface area (Å²) >= 11 is 1.68. The molecule has 0 aromatic carbocycles. The summed E-state index contributed by atoms with van der Waals surface area (Å²) < 4.78 is 0. The van der Waals surface area contributed by atoms with Crippen molar-refractivity contribution in [2.75, 3.05) is 51.7 Å². The normalized spacial score (nSPS) is 22.4. The van der Waals surface area contributed by atoms with E-state index in [1.54, 1.807) is 11.3 Å². The molecule has 2 saturated heterocycles. The van der Waals surface area contributed by atoms with Crippen LogP contribution < -0.4 is 10.2 Å². The molecule has 0 aliphatic carbocycles. The minimum atomic E-state index is 0.650. The van der Waals surface area contributed by atoms with Crippen LogP contribution in [0.1, 0.15) is 31.9 Å². The van der Waals surface area contributed by atoms with E-state index >= 15 is 0 Å². The number of aromatic nitrogens is 1. The van der Waals surface area contributed by atoms with Gasteiger partial charge in [-0.1, -0.05) is 0 Å². The molecule has 2 aliphatic heterocycles. The first-order valence-corrected chi connectivity index (χ1v) is 9.94. The molecule has 1 aromatic heterocycles. The standard InChI is InChI=1S/C17H30N6S/c1-4-18-16(19-11-14-13-24-17(20-14)21(2)3)23-10-7-15(12-23)22-8-5-6-9-22/h13,15H,4-12H2,1-3H3,(H,18,19). The van der Waals surface area contributed by atoms with Crippen LogP contribution in [-0.4, -0.2) is 73.6 Å². The third-order valence-electron chi connectivity index (χ3n) is 4.77. The lowest BCUT2D eigenvalue weighted by Crippen LogP contribution is -2.42. The summed E-state index contributed by atoms with van der Waals surface area (Å²) in [6.07, 6.45) is 3.98.